The molecule has 0 aliphatic heterocycles. The second-order valence-electron chi connectivity index (χ2n) is 7.34. The van der Waals surface area contributed by atoms with Crippen LogP contribution in [0.5, 0.6) is 0 Å². The van der Waals surface area contributed by atoms with Crippen LogP contribution in [0.15, 0.2) is 47.7 Å². The molecule has 0 saturated carbocycles. The zero-order valence-electron chi connectivity index (χ0n) is 17.6. The van der Waals surface area contributed by atoms with Crippen LogP contribution in [0.25, 0.3) is 10.9 Å². The van der Waals surface area contributed by atoms with Gasteiger partial charge in [0.05, 0.1) is 0 Å². The van der Waals surface area contributed by atoms with Crippen LogP contribution < -0.4 is 16.1 Å². The van der Waals surface area contributed by atoms with Gasteiger partial charge in [0.1, 0.15) is 11.1 Å². The first-order valence-electron chi connectivity index (χ1n) is 10.3. The number of rotatable bonds is 8. The number of amides is 2. The number of fused-ring (bicyclic) bond motifs is 1. The molecule has 2 aromatic heterocycles. The highest BCUT2D eigenvalue weighted by atomic mass is 16.2. The van der Waals surface area contributed by atoms with E-state index in [0.717, 1.165) is 22.9 Å². The number of aromatic amines is 1. The topological polar surface area (TPSA) is 96.0 Å². The lowest BCUT2D eigenvalue weighted by molar-refractivity contribution is 0.0951. The molecule has 0 fully saturated rings. The van der Waals surface area contributed by atoms with E-state index >= 15 is 0 Å². The van der Waals surface area contributed by atoms with Crippen molar-refractivity contribution in [2.45, 2.75) is 39.7 Å². The number of hydrogen-bond acceptors (Lipinski definition) is 3. The van der Waals surface area contributed by atoms with Gasteiger partial charge in [0, 0.05) is 48.6 Å². The summed E-state index contributed by atoms with van der Waals surface area (Å²) in [6, 6.07) is 8.03. The molecule has 0 aliphatic carbocycles. The Kier molecular flexibility index (Phi) is 6.72. The highest BCUT2D eigenvalue weighted by molar-refractivity contribution is 5.99. The Morgan fingerprint density at radius 1 is 1.07 bits per heavy atom. The number of nitrogens with zero attached hydrogens (tertiary/aromatic N) is 1. The Morgan fingerprint density at radius 2 is 1.73 bits per heavy atom. The molecule has 0 spiro atoms. The van der Waals surface area contributed by atoms with Crippen molar-refractivity contribution >= 4 is 22.7 Å². The lowest BCUT2D eigenvalue weighted by atomic mass is 10.1. The van der Waals surface area contributed by atoms with E-state index < -0.39 is 17.2 Å². The van der Waals surface area contributed by atoms with E-state index in [1.54, 1.807) is 17.7 Å². The van der Waals surface area contributed by atoms with Gasteiger partial charge in [-0.25, -0.2) is 0 Å². The maximum Gasteiger partial charge on any atom is 0.256 e. The molecule has 0 bridgehead atoms. The van der Waals surface area contributed by atoms with Crippen molar-refractivity contribution in [3.63, 3.8) is 0 Å². The second-order valence-corrected chi connectivity index (χ2v) is 7.34. The number of carbonyl (C=O) groups excluding carboxylic acids is 2. The normalized spacial score (nSPS) is 12.0. The summed E-state index contributed by atoms with van der Waals surface area (Å²) in [4.78, 5) is 41.2. The molecular formula is C23H28N4O3. The number of nitrogens with one attached hydrogen (secondary N) is 3. The Morgan fingerprint density at radius 3 is 2.40 bits per heavy atom. The molecule has 7 heteroatoms. The lowest BCUT2D eigenvalue weighted by Crippen LogP contribution is -2.36. The molecule has 2 heterocycles. The molecule has 0 saturated heterocycles. The van der Waals surface area contributed by atoms with Gasteiger partial charge in [-0.3, -0.25) is 14.4 Å². The van der Waals surface area contributed by atoms with E-state index in [0.29, 0.717) is 19.5 Å². The number of benzene rings is 1. The zero-order valence-corrected chi connectivity index (χ0v) is 17.6. The fourth-order valence-electron chi connectivity index (χ4n) is 3.39. The summed E-state index contributed by atoms with van der Waals surface area (Å²) < 4.78 is 1.76. The van der Waals surface area contributed by atoms with Gasteiger partial charge in [0.2, 0.25) is 5.43 Å². The molecule has 2 amide bonds. The fraction of sp³-hybridized carbons (Fsp3) is 0.348. The van der Waals surface area contributed by atoms with E-state index in [1.165, 1.54) is 6.20 Å². The van der Waals surface area contributed by atoms with Crippen LogP contribution in [0.3, 0.4) is 0 Å². The first-order chi connectivity index (χ1) is 14.5. The minimum atomic E-state index is -0.551. The summed E-state index contributed by atoms with van der Waals surface area (Å²) in [5.41, 5.74) is 1.56. The third-order valence-corrected chi connectivity index (χ3v) is 5.33. The maximum atomic E-state index is 12.8. The van der Waals surface area contributed by atoms with Gasteiger partial charge in [-0.15, -0.1) is 0 Å². The quantitative estimate of drug-likeness (QED) is 0.535. The molecule has 1 atom stereocenters. The van der Waals surface area contributed by atoms with Crippen molar-refractivity contribution in [3.05, 3.63) is 69.8 Å². The Balaban J connectivity index is 1.80. The fourth-order valence-corrected chi connectivity index (χ4v) is 3.39. The summed E-state index contributed by atoms with van der Waals surface area (Å²) in [7, 11) is 0. The summed E-state index contributed by atoms with van der Waals surface area (Å²) in [6.45, 7) is 6.56. The van der Waals surface area contributed by atoms with Crippen LogP contribution in [-0.2, 0) is 6.42 Å². The number of pyridine rings is 1. The monoisotopic (exact) mass is 408 g/mol. The van der Waals surface area contributed by atoms with Crippen LogP contribution >= 0.6 is 0 Å². The second kappa shape index (κ2) is 9.43. The van der Waals surface area contributed by atoms with Crippen LogP contribution in [0.4, 0.5) is 0 Å². The smallest absolute Gasteiger partial charge is 0.256 e. The molecule has 1 aromatic carbocycles. The SMILES string of the molecule is CCNC(=O)c1cn(C(C)CC)cc(C(=O)NCCc2c[nH]c3ccccc23)c1=O. The first kappa shape index (κ1) is 21.4. The minimum absolute atomic E-state index is 0.0126. The predicted molar refractivity (Wildman–Crippen MR) is 118 cm³/mol. The van der Waals surface area contributed by atoms with Gasteiger partial charge >= 0.3 is 0 Å². The lowest BCUT2D eigenvalue weighted by Gasteiger charge is -2.17. The number of H-pyrrole nitrogens is 1. The van der Waals surface area contributed by atoms with Crippen molar-refractivity contribution < 1.29 is 9.59 Å². The molecular weight excluding hydrogens is 380 g/mol. The summed E-state index contributed by atoms with van der Waals surface area (Å²) >= 11 is 0. The Labute approximate surface area is 175 Å². The van der Waals surface area contributed by atoms with Crippen molar-refractivity contribution in [1.29, 1.82) is 0 Å². The summed E-state index contributed by atoms with van der Waals surface area (Å²) in [5, 5.41) is 6.59. The average Bonchev–Trinajstić information content (AvgIpc) is 3.16. The molecule has 0 radical (unpaired) electrons. The van der Waals surface area contributed by atoms with Crippen LogP contribution in [0.1, 0.15) is 59.5 Å². The van der Waals surface area contributed by atoms with E-state index in [-0.39, 0.29) is 17.2 Å². The molecule has 0 aliphatic rings. The Hall–Kier alpha value is -3.35. The van der Waals surface area contributed by atoms with Crippen molar-refractivity contribution in [2.24, 2.45) is 0 Å². The highest BCUT2D eigenvalue weighted by Crippen LogP contribution is 2.17. The van der Waals surface area contributed by atoms with E-state index in [9.17, 15) is 14.4 Å². The van der Waals surface area contributed by atoms with Gasteiger partial charge in [-0.2, -0.15) is 0 Å². The number of hydrogen-bond donors (Lipinski definition) is 3. The maximum absolute atomic E-state index is 12.8. The van der Waals surface area contributed by atoms with Crippen molar-refractivity contribution in [2.75, 3.05) is 13.1 Å². The molecule has 158 valence electrons. The third-order valence-electron chi connectivity index (χ3n) is 5.33. The largest absolute Gasteiger partial charge is 0.361 e. The first-order valence-corrected chi connectivity index (χ1v) is 10.3. The van der Waals surface area contributed by atoms with Gasteiger partial charge < -0.3 is 20.2 Å². The van der Waals surface area contributed by atoms with Crippen LogP contribution in [-0.4, -0.2) is 34.5 Å². The Bertz CT molecular complexity index is 1110. The molecule has 3 rings (SSSR count). The highest BCUT2D eigenvalue weighted by Gasteiger charge is 2.20. The summed E-state index contributed by atoms with van der Waals surface area (Å²) in [6.07, 6.45) is 6.44. The van der Waals surface area contributed by atoms with Crippen LogP contribution in [0, 0.1) is 0 Å². The van der Waals surface area contributed by atoms with Crippen molar-refractivity contribution in [1.82, 2.24) is 20.2 Å². The van der Waals surface area contributed by atoms with Crippen molar-refractivity contribution in [3.8, 4) is 0 Å². The van der Waals surface area contributed by atoms with E-state index in [2.05, 4.69) is 15.6 Å². The number of carbonyl (C=O) groups is 2. The molecule has 3 N–H and O–H groups in total. The zero-order chi connectivity index (χ0) is 21.7. The van der Waals surface area contributed by atoms with Crippen LogP contribution in [0.2, 0.25) is 0 Å². The summed E-state index contributed by atoms with van der Waals surface area (Å²) in [5.74, 6) is -0.934. The molecule has 3 aromatic rings. The molecule has 7 nitrogen and oxygen atoms in total. The molecule has 1 unspecified atom stereocenters. The van der Waals surface area contributed by atoms with E-state index in [4.69, 9.17) is 0 Å². The standard InChI is InChI=1S/C23H28N4O3/c1-4-15(3)27-13-18(22(29)24-5-2)21(28)19(14-27)23(30)25-11-10-16-12-26-20-9-7-6-8-17(16)20/h6-9,12-15,26H,4-5,10-11H2,1-3H3,(H,24,29)(H,25,30). The number of para-hydroxylation sites is 1. The molecule has 30 heavy (non-hydrogen) atoms. The van der Waals surface area contributed by atoms with Gasteiger partial charge in [0.25, 0.3) is 11.8 Å². The number of aromatic nitrogens is 2. The third kappa shape index (κ3) is 4.45. The minimum Gasteiger partial charge on any atom is -0.361 e. The predicted octanol–water partition coefficient (Wildman–Crippen LogP) is 3.02. The average molecular weight is 409 g/mol. The van der Waals surface area contributed by atoms with Gasteiger partial charge in [-0.1, -0.05) is 25.1 Å². The van der Waals surface area contributed by atoms with E-state index in [1.807, 2.05) is 44.3 Å². The van der Waals surface area contributed by atoms with Gasteiger partial charge in [-0.05, 0) is 38.3 Å². The van der Waals surface area contributed by atoms with Gasteiger partial charge in [0.15, 0.2) is 0 Å².